The second-order valence-electron chi connectivity index (χ2n) is 8.92. The number of carbonyl (C=O) groups is 1. The van der Waals surface area contributed by atoms with Crippen molar-refractivity contribution < 1.29 is 34.0 Å². The summed E-state index contributed by atoms with van der Waals surface area (Å²) in [6, 6.07) is 0. The molecule has 0 atom stereocenters. The standard InChI is InChI=1S/C28H48O7/c1-5-9-12-15-19-33-24-22(28(30)31)23(29)25(32-18-8-4)27(35-21-17-14-11-7-3)26(24)34-20-16-13-10-6-2/h29H,5-21H2,1-4H3,(H,30,31). The Kier molecular flexibility index (Phi) is 16.6. The number of aromatic carboxylic acids is 1. The third-order valence-electron chi connectivity index (χ3n) is 5.69. The third-order valence-corrected chi connectivity index (χ3v) is 5.69. The molecule has 1 rings (SSSR count). The van der Waals surface area contributed by atoms with Crippen LogP contribution in [0.5, 0.6) is 28.7 Å². The molecule has 0 unspecified atom stereocenters. The van der Waals surface area contributed by atoms with Crippen LogP contribution in [0, 0.1) is 0 Å². The zero-order chi connectivity index (χ0) is 25.9. The van der Waals surface area contributed by atoms with E-state index >= 15 is 0 Å². The van der Waals surface area contributed by atoms with Gasteiger partial charge in [0.15, 0.2) is 17.1 Å². The summed E-state index contributed by atoms with van der Waals surface area (Å²) < 4.78 is 24.0. The van der Waals surface area contributed by atoms with E-state index in [2.05, 4.69) is 20.8 Å². The topological polar surface area (TPSA) is 94.5 Å². The lowest BCUT2D eigenvalue weighted by Crippen LogP contribution is -2.12. The smallest absolute Gasteiger partial charge is 0.343 e. The molecular formula is C28H48O7. The number of hydrogen-bond donors (Lipinski definition) is 2. The molecule has 0 radical (unpaired) electrons. The Hall–Kier alpha value is -2.31. The molecule has 202 valence electrons. The van der Waals surface area contributed by atoms with Crippen LogP contribution in [0.2, 0.25) is 0 Å². The van der Waals surface area contributed by atoms with Crippen molar-refractivity contribution in [1.82, 2.24) is 0 Å². The SMILES string of the molecule is CCCCCCOc1c(OCCC)c(O)c(C(=O)O)c(OCCCCCC)c1OCCCCCC. The van der Waals surface area contributed by atoms with E-state index in [0.29, 0.717) is 32.8 Å². The maximum absolute atomic E-state index is 12.2. The molecule has 0 saturated heterocycles. The van der Waals surface area contributed by atoms with Crippen molar-refractivity contribution in [3.63, 3.8) is 0 Å². The molecular weight excluding hydrogens is 448 g/mol. The number of benzene rings is 1. The Labute approximate surface area is 212 Å². The first-order valence-electron chi connectivity index (χ1n) is 13.7. The van der Waals surface area contributed by atoms with Crippen LogP contribution < -0.4 is 18.9 Å². The van der Waals surface area contributed by atoms with Crippen molar-refractivity contribution in [2.24, 2.45) is 0 Å². The first-order valence-corrected chi connectivity index (χ1v) is 13.7. The van der Waals surface area contributed by atoms with Gasteiger partial charge >= 0.3 is 5.97 Å². The molecule has 0 aromatic heterocycles. The molecule has 0 amide bonds. The van der Waals surface area contributed by atoms with Crippen LogP contribution in [-0.2, 0) is 0 Å². The highest BCUT2D eigenvalue weighted by atomic mass is 16.6. The molecule has 7 nitrogen and oxygen atoms in total. The minimum absolute atomic E-state index is 0.0154. The molecule has 0 bridgehead atoms. The zero-order valence-corrected chi connectivity index (χ0v) is 22.5. The summed E-state index contributed by atoms with van der Waals surface area (Å²) in [4.78, 5) is 12.2. The van der Waals surface area contributed by atoms with Gasteiger partial charge in [0.05, 0.1) is 26.4 Å². The minimum Gasteiger partial charge on any atom is -0.503 e. The van der Waals surface area contributed by atoms with E-state index in [9.17, 15) is 15.0 Å². The van der Waals surface area contributed by atoms with E-state index < -0.39 is 11.7 Å². The first-order chi connectivity index (χ1) is 17.0. The molecule has 0 fully saturated rings. The molecule has 1 aromatic carbocycles. The van der Waals surface area contributed by atoms with E-state index in [1.165, 1.54) is 0 Å². The summed E-state index contributed by atoms with van der Waals surface area (Å²) in [5.74, 6) is -1.28. The summed E-state index contributed by atoms with van der Waals surface area (Å²) in [5.41, 5.74) is -0.339. The number of unbranched alkanes of at least 4 members (excludes halogenated alkanes) is 9. The third kappa shape index (κ3) is 10.9. The first kappa shape index (κ1) is 30.7. The molecule has 0 saturated carbocycles. The van der Waals surface area contributed by atoms with Crippen molar-refractivity contribution in [1.29, 1.82) is 0 Å². The van der Waals surface area contributed by atoms with Gasteiger partial charge in [0.1, 0.15) is 0 Å². The molecule has 0 spiro atoms. The van der Waals surface area contributed by atoms with Crippen LogP contribution in [0.25, 0.3) is 0 Å². The van der Waals surface area contributed by atoms with Crippen molar-refractivity contribution in [3.8, 4) is 28.7 Å². The predicted molar refractivity (Wildman–Crippen MR) is 140 cm³/mol. The van der Waals surface area contributed by atoms with Gasteiger partial charge in [-0.3, -0.25) is 0 Å². The van der Waals surface area contributed by atoms with E-state index in [-0.39, 0.29) is 28.6 Å². The monoisotopic (exact) mass is 496 g/mol. The number of aromatic hydroxyl groups is 1. The van der Waals surface area contributed by atoms with Crippen molar-refractivity contribution in [2.75, 3.05) is 26.4 Å². The van der Waals surface area contributed by atoms with Crippen LogP contribution >= 0.6 is 0 Å². The Bertz CT molecular complexity index is 718. The molecule has 0 aliphatic heterocycles. The summed E-state index contributed by atoms with van der Waals surface area (Å²) in [7, 11) is 0. The van der Waals surface area contributed by atoms with Gasteiger partial charge in [-0.1, -0.05) is 85.5 Å². The Morgan fingerprint density at radius 1 is 0.543 bits per heavy atom. The summed E-state index contributed by atoms with van der Waals surface area (Å²) in [6.45, 7) is 9.82. The second kappa shape index (κ2) is 18.9. The fraction of sp³-hybridized carbons (Fsp3) is 0.750. The summed E-state index contributed by atoms with van der Waals surface area (Å²) in [5, 5.41) is 20.9. The lowest BCUT2D eigenvalue weighted by Gasteiger charge is -2.23. The van der Waals surface area contributed by atoms with E-state index in [4.69, 9.17) is 18.9 Å². The largest absolute Gasteiger partial charge is 0.503 e. The Morgan fingerprint density at radius 2 is 0.943 bits per heavy atom. The fourth-order valence-electron chi connectivity index (χ4n) is 3.69. The predicted octanol–water partition coefficient (Wildman–Crippen LogP) is 7.76. The highest BCUT2D eigenvalue weighted by Crippen LogP contribution is 2.53. The highest BCUT2D eigenvalue weighted by Gasteiger charge is 2.32. The van der Waals surface area contributed by atoms with Gasteiger partial charge in [0.25, 0.3) is 0 Å². The molecule has 7 heteroatoms. The lowest BCUT2D eigenvalue weighted by atomic mass is 10.1. The zero-order valence-electron chi connectivity index (χ0n) is 22.5. The summed E-state index contributed by atoms with van der Waals surface area (Å²) in [6.07, 6.45) is 12.8. The molecule has 0 aliphatic carbocycles. The molecule has 1 aromatic rings. The van der Waals surface area contributed by atoms with Gasteiger partial charge in [-0.25, -0.2) is 4.79 Å². The number of ether oxygens (including phenoxy) is 4. The maximum Gasteiger partial charge on any atom is 0.343 e. The van der Waals surface area contributed by atoms with Crippen molar-refractivity contribution >= 4 is 5.97 Å². The van der Waals surface area contributed by atoms with Gasteiger partial charge in [0.2, 0.25) is 17.2 Å². The number of carboxylic acid groups (broad SMARTS) is 1. The maximum atomic E-state index is 12.2. The Balaban J connectivity index is 3.40. The van der Waals surface area contributed by atoms with Gasteiger partial charge < -0.3 is 29.2 Å². The van der Waals surface area contributed by atoms with Gasteiger partial charge in [0, 0.05) is 0 Å². The van der Waals surface area contributed by atoms with Gasteiger partial charge in [-0.2, -0.15) is 0 Å². The van der Waals surface area contributed by atoms with E-state index in [1.54, 1.807) is 0 Å². The molecule has 2 N–H and O–H groups in total. The van der Waals surface area contributed by atoms with Crippen LogP contribution in [0.15, 0.2) is 0 Å². The van der Waals surface area contributed by atoms with Crippen molar-refractivity contribution in [3.05, 3.63) is 5.56 Å². The Morgan fingerprint density at radius 3 is 1.34 bits per heavy atom. The molecule has 0 heterocycles. The van der Waals surface area contributed by atoms with Crippen LogP contribution in [0.1, 0.15) is 122 Å². The lowest BCUT2D eigenvalue weighted by molar-refractivity contribution is 0.0685. The van der Waals surface area contributed by atoms with E-state index in [1.807, 2.05) is 6.92 Å². The van der Waals surface area contributed by atoms with Crippen LogP contribution in [0.3, 0.4) is 0 Å². The number of carboxylic acids is 1. The quantitative estimate of drug-likeness (QED) is 0.158. The highest BCUT2D eigenvalue weighted by molar-refractivity contribution is 5.97. The van der Waals surface area contributed by atoms with Crippen LogP contribution in [-0.4, -0.2) is 42.6 Å². The molecule has 35 heavy (non-hydrogen) atoms. The normalized spacial score (nSPS) is 10.9. The van der Waals surface area contributed by atoms with Gasteiger partial charge in [-0.05, 0) is 25.7 Å². The van der Waals surface area contributed by atoms with Crippen molar-refractivity contribution in [2.45, 2.75) is 111 Å². The summed E-state index contributed by atoms with van der Waals surface area (Å²) >= 11 is 0. The number of hydrogen-bond acceptors (Lipinski definition) is 6. The van der Waals surface area contributed by atoms with Crippen LogP contribution in [0.4, 0.5) is 0 Å². The average molecular weight is 497 g/mol. The number of rotatable bonds is 22. The number of phenols is 1. The average Bonchev–Trinajstić information content (AvgIpc) is 2.84. The van der Waals surface area contributed by atoms with Gasteiger partial charge in [-0.15, -0.1) is 0 Å². The van der Waals surface area contributed by atoms with E-state index in [0.717, 1.165) is 77.0 Å². The fourth-order valence-corrected chi connectivity index (χ4v) is 3.69. The second-order valence-corrected chi connectivity index (χ2v) is 8.92. The molecule has 0 aliphatic rings. The minimum atomic E-state index is -1.29.